The zero-order chi connectivity index (χ0) is 24.9. The van der Waals surface area contributed by atoms with Crippen molar-refractivity contribution in [3.05, 3.63) is 81.9 Å². The lowest BCUT2D eigenvalue weighted by Crippen LogP contribution is -2.24. The second-order valence-corrected chi connectivity index (χ2v) is 9.48. The SMILES string of the molecule is [B]C(C)(O)c1ccc(-c2cc(F)c(CN3Cc4ncccc4C3=O)c(C3CC3)c2)c(C=NC)c1N. The molecule has 1 fully saturated rings. The molecule has 1 aliphatic heterocycles. The van der Waals surface area contributed by atoms with Gasteiger partial charge < -0.3 is 15.7 Å². The lowest BCUT2D eigenvalue weighted by molar-refractivity contribution is 0.0764. The van der Waals surface area contributed by atoms with Crippen molar-refractivity contribution in [1.82, 2.24) is 9.88 Å². The number of carbonyl (C=O) groups excluding carboxylic acids is 1. The van der Waals surface area contributed by atoms with Gasteiger partial charge in [-0.2, -0.15) is 0 Å². The van der Waals surface area contributed by atoms with Crippen molar-refractivity contribution in [2.24, 2.45) is 4.99 Å². The number of pyridine rings is 1. The molecule has 1 atom stereocenters. The number of rotatable bonds is 6. The molecule has 2 aromatic carbocycles. The van der Waals surface area contributed by atoms with E-state index in [1.165, 1.54) is 13.0 Å². The number of aromatic nitrogens is 1. The maximum absolute atomic E-state index is 15.7. The fourth-order valence-corrected chi connectivity index (χ4v) is 4.84. The van der Waals surface area contributed by atoms with E-state index in [1.807, 2.05) is 6.07 Å². The largest absolute Gasteiger partial charge is 0.398 e. The van der Waals surface area contributed by atoms with Crippen molar-refractivity contribution in [1.29, 1.82) is 0 Å². The Hall–Kier alpha value is -3.52. The molecule has 3 N–H and O–H groups in total. The summed E-state index contributed by atoms with van der Waals surface area (Å²) in [5, 5.41) is 10.3. The van der Waals surface area contributed by atoms with Crippen LogP contribution in [0, 0.1) is 5.82 Å². The first-order chi connectivity index (χ1) is 16.7. The van der Waals surface area contributed by atoms with E-state index < -0.39 is 5.50 Å². The minimum Gasteiger partial charge on any atom is -0.398 e. The van der Waals surface area contributed by atoms with Gasteiger partial charge in [0.1, 0.15) is 13.7 Å². The van der Waals surface area contributed by atoms with Crippen molar-refractivity contribution < 1.29 is 14.3 Å². The molecule has 1 unspecified atom stereocenters. The summed E-state index contributed by atoms with van der Waals surface area (Å²) in [6.07, 6.45) is 5.21. The maximum atomic E-state index is 15.7. The van der Waals surface area contributed by atoms with Crippen LogP contribution in [0.3, 0.4) is 0 Å². The van der Waals surface area contributed by atoms with Crippen LogP contribution in [0.1, 0.15) is 64.0 Å². The number of aliphatic imine (C=N–C) groups is 1. The molecule has 2 radical (unpaired) electrons. The molecule has 5 rings (SSSR count). The number of carbonyl (C=O) groups is 1. The van der Waals surface area contributed by atoms with E-state index in [0.29, 0.717) is 45.6 Å². The number of nitrogens with zero attached hydrogens (tertiary/aromatic N) is 3. The third-order valence-corrected chi connectivity index (χ3v) is 6.75. The average molecular weight is 468 g/mol. The third kappa shape index (κ3) is 4.23. The predicted octanol–water partition coefficient (Wildman–Crippen LogP) is 3.89. The molecule has 1 saturated carbocycles. The van der Waals surface area contributed by atoms with Crippen LogP contribution in [0.15, 0.2) is 47.6 Å². The lowest BCUT2D eigenvalue weighted by Gasteiger charge is -2.24. The summed E-state index contributed by atoms with van der Waals surface area (Å²) in [4.78, 5) is 22.9. The number of hydrogen-bond acceptors (Lipinski definition) is 5. The number of nitrogen functional groups attached to an aromatic ring is 1. The monoisotopic (exact) mass is 468 g/mol. The van der Waals surface area contributed by atoms with Gasteiger partial charge in [-0.05, 0) is 66.1 Å². The maximum Gasteiger partial charge on any atom is 0.256 e. The molecule has 3 aromatic rings. The van der Waals surface area contributed by atoms with E-state index in [2.05, 4.69) is 9.98 Å². The van der Waals surface area contributed by atoms with Gasteiger partial charge in [0.2, 0.25) is 0 Å². The molecular weight excluding hydrogens is 442 g/mol. The highest BCUT2D eigenvalue weighted by molar-refractivity contribution is 6.15. The summed E-state index contributed by atoms with van der Waals surface area (Å²) in [6.45, 7) is 2.01. The molecule has 35 heavy (non-hydrogen) atoms. The highest BCUT2D eigenvalue weighted by Gasteiger charge is 2.33. The summed E-state index contributed by atoms with van der Waals surface area (Å²) < 4.78 is 15.7. The summed E-state index contributed by atoms with van der Waals surface area (Å²) in [5.41, 5.74) is 10.1. The Morgan fingerprint density at radius 2 is 2.09 bits per heavy atom. The number of halogens is 1. The fourth-order valence-electron chi connectivity index (χ4n) is 4.84. The second kappa shape index (κ2) is 8.61. The molecule has 0 saturated heterocycles. The summed E-state index contributed by atoms with van der Waals surface area (Å²) >= 11 is 0. The molecule has 0 bridgehead atoms. The second-order valence-electron chi connectivity index (χ2n) is 9.48. The Morgan fingerprint density at radius 1 is 1.31 bits per heavy atom. The summed E-state index contributed by atoms with van der Waals surface area (Å²) in [6, 6.07) is 10.4. The van der Waals surface area contributed by atoms with E-state index in [4.69, 9.17) is 13.6 Å². The van der Waals surface area contributed by atoms with Gasteiger partial charge in [0.25, 0.3) is 5.91 Å². The van der Waals surface area contributed by atoms with E-state index in [9.17, 15) is 9.90 Å². The van der Waals surface area contributed by atoms with Crippen molar-refractivity contribution in [2.75, 3.05) is 12.8 Å². The Bertz CT molecular complexity index is 1360. The highest BCUT2D eigenvalue weighted by atomic mass is 19.1. The minimum atomic E-state index is -1.62. The van der Waals surface area contributed by atoms with Crippen LogP contribution < -0.4 is 5.73 Å². The van der Waals surface area contributed by atoms with Crippen LogP contribution in [-0.4, -0.2) is 42.0 Å². The van der Waals surface area contributed by atoms with E-state index in [-0.39, 0.29) is 24.2 Å². The van der Waals surface area contributed by atoms with Crippen molar-refractivity contribution in [3.8, 4) is 11.1 Å². The van der Waals surface area contributed by atoms with Crippen molar-refractivity contribution in [3.63, 3.8) is 0 Å². The Balaban J connectivity index is 1.56. The van der Waals surface area contributed by atoms with Gasteiger partial charge in [0.05, 0.1) is 17.8 Å². The quantitative estimate of drug-likeness (QED) is 0.326. The molecule has 0 spiro atoms. The Morgan fingerprint density at radius 3 is 2.74 bits per heavy atom. The van der Waals surface area contributed by atoms with E-state index in [0.717, 1.165) is 24.1 Å². The standard InChI is InChI=1S/C27H26BFN4O2/c1-27(28,35)22-8-7-17(20(12-31-2)25(22)30)16-10-19(15-5-6-15)21(23(29)11-16)13-33-14-24-18(26(33)34)4-3-9-32-24/h3-4,7-12,15,35H,5-6,13-14,30H2,1-2H3. The molecule has 176 valence electrons. The zero-order valence-electron chi connectivity index (χ0n) is 19.8. The predicted molar refractivity (Wildman–Crippen MR) is 135 cm³/mol. The number of aliphatic hydroxyl groups is 1. The normalized spacial score (nSPS) is 17.1. The molecule has 2 aliphatic rings. The number of anilines is 1. The topological polar surface area (TPSA) is 91.8 Å². The average Bonchev–Trinajstić information content (AvgIpc) is 3.60. The van der Waals surface area contributed by atoms with Gasteiger partial charge in [0.15, 0.2) is 0 Å². The molecule has 1 aliphatic carbocycles. The first-order valence-corrected chi connectivity index (χ1v) is 11.6. The molecule has 6 nitrogen and oxygen atoms in total. The van der Waals surface area contributed by atoms with E-state index in [1.54, 1.807) is 48.6 Å². The highest BCUT2D eigenvalue weighted by Crippen LogP contribution is 2.45. The Labute approximate surface area is 205 Å². The lowest BCUT2D eigenvalue weighted by atomic mass is 9.75. The van der Waals surface area contributed by atoms with Crippen LogP contribution in [0.2, 0.25) is 0 Å². The molecule has 8 heteroatoms. The first-order valence-electron chi connectivity index (χ1n) is 11.6. The van der Waals surface area contributed by atoms with Crippen molar-refractivity contribution >= 4 is 25.7 Å². The first kappa shape index (κ1) is 23.2. The van der Waals surface area contributed by atoms with Gasteiger partial charge in [-0.3, -0.25) is 14.8 Å². The number of hydrogen-bond donors (Lipinski definition) is 2. The van der Waals surface area contributed by atoms with Crippen LogP contribution in [0.5, 0.6) is 0 Å². The van der Waals surface area contributed by atoms with Crippen LogP contribution in [-0.2, 0) is 18.6 Å². The van der Waals surface area contributed by atoms with Gasteiger partial charge in [-0.1, -0.05) is 18.2 Å². The molecule has 1 aromatic heterocycles. The van der Waals surface area contributed by atoms with Gasteiger partial charge in [0, 0.05) is 48.3 Å². The van der Waals surface area contributed by atoms with Crippen LogP contribution in [0.25, 0.3) is 11.1 Å². The summed E-state index contributed by atoms with van der Waals surface area (Å²) in [7, 11) is 7.50. The Kier molecular flexibility index (Phi) is 5.72. The minimum absolute atomic E-state index is 0.128. The van der Waals surface area contributed by atoms with Crippen molar-refractivity contribution in [2.45, 2.75) is 44.3 Å². The number of benzene rings is 2. The van der Waals surface area contributed by atoms with E-state index >= 15 is 4.39 Å². The zero-order valence-corrected chi connectivity index (χ0v) is 19.8. The molecule has 1 amide bonds. The van der Waals surface area contributed by atoms with Gasteiger partial charge in [-0.15, -0.1) is 0 Å². The molecular formula is C27H26BFN4O2. The number of nitrogens with two attached hydrogens (primary N) is 1. The van der Waals surface area contributed by atoms with Crippen LogP contribution >= 0.6 is 0 Å². The number of amides is 1. The number of fused-ring (bicyclic) bond motifs is 1. The molecule has 2 heterocycles. The summed E-state index contributed by atoms with van der Waals surface area (Å²) in [5.74, 6) is -0.242. The fraction of sp³-hybridized carbons (Fsp3) is 0.296. The van der Waals surface area contributed by atoms with Gasteiger partial charge in [-0.25, -0.2) is 4.39 Å². The smallest absolute Gasteiger partial charge is 0.256 e. The van der Waals surface area contributed by atoms with Crippen LogP contribution in [0.4, 0.5) is 10.1 Å². The van der Waals surface area contributed by atoms with Gasteiger partial charge >= 0.3 is 0 Å². The third-order valence-electron chi connectivity index (χ3n) is 6.75.